The molecule has 0 amide bonds. The number of fused-ring (bicyclic) bond motifs is 1. The first kappa shape index (κ1) is 16.0. The second kappa shape index (κ2) is 5.95. The number of alkyl halides is 3. The normalized spacial score (nSPS) is 11.8. The first-order chi connectivity index (χ1) is 11.4. The van der Waals surface area contributed by atoms with Gasteiger partial charge in [0.2, 0.25) is 0 Å². The first-order valence-corrected chi connectivity index (χ1v) is 7.06. The Bertz CT molecular complexity index is 867. The zero-order valence-electron chi connectivity index (χ0n) is 12.3. The lowest BCUT2D eigenvalue weighted by atomic mass is 10.1. The molecule has 5 nitrogen and oxygen atoms in total. The largest absolute Gasteiger partial charge is 0.490 e. The number of ether oxygens (including phenoxy) is 1. The van der Waals surface area contributed by atoms with Gasteiger partial charge in [0.05, 0.1) is 17.6 Å². The monoisotopic (exact) mass is 338 g/mol. The molecule has 0 unspecified atom stereocenters. The highest BCUT2D eigenvalue weighted by atomic mass is 19.4. The minimum atomic E-state index is -4.58. The van der Waals surface area contributed by atoms with Crippen molar-refractivity contribution in [3.8, 4) is 5.75 Å². The standard InChI is InChI=1S/C16H13F3N2O3/c17-16(18,19)11-3-4-13(24-8-7-21-5-1-2-6-21)14-10(11)9-12(20-14)15(22)23/h1-6,9,20H,7-8H2,(H,22,23). The number of rotatable bonds is 5. The predicted molar refractivity (Wildman–Crippen MR) is 80.2 cm³/mol. The molecule has 0 fully saturated rings. The van der Waals surface area contributed by atoms with E-state index in [1.54, 1.807) is 0 Å². The molecule has 0 aliphatic heterocycles. The molecule has 2 N–H and O–H groups in total. The van der Waals surface area contributed by atoms with E-state index in [0.29, 0.717) is 6.54 Å². The van der Waals surface area contributed by atoms with Crippen molar-refractivity contribution < 1.29 is 27.8 Å². The minimum absolute atomic E-state index is 0.0229. The first-order valence-electron chi connectivity index (χ1n) is 7.06. The van der Waals surface area contributed by atoms with E-state index in [1.807, 2.05) is 29.1 Å². The fraction of sp³-hybridized carbons (Fsp3) is 0.188. The van der Waals surface area contributed by atoms with Gasteiger partial charge >= 0.3 is 12.1 Å². The smallest absolute Gasteiger partial charge is 0.417 e. The number of carbonyl (C=O) groups is 1. The molecule has 0 saturated carbocycles. The molecule has 0 aliphatic rings. The van der Waals surface area contributed by atoms with Gasteiger partial charge in [0.1, 0.15) is 18.1 Å². The Kier molecular flexibility index (Phi) is 3.96. The highest BCUT2D eigenvalue weighted by Crippen LogP contribution is 2.38. The summed E-state index contributed by atoms with van der Waals surface area (Å²) in [6, 6.07) is 6.76. The van der Waals surface area contributed by atoms with Crippen molar-refractivity contribution in [1.29, 1.82) is 0 Å². The summed E-state index contributed by atoms with van der Waals surface area (Å²) in [6.45, 7) is 0.749. The van der Waals surface area contributed by atoms with Crippen LogP contribution in [0.1, 0.15) is 16.1 Å². The maximum atomic E-state index is 13.1. The summed E-state index contributed by atoms with van der Waals surface area (Å²) in [7, 11) is 0. The molecule has 0 spiro atoms. The van der Waals surface area contributed by atoms with Crippen LogP contribution in [0.25, 0.3) is 10.9 Å². The number of aromatic amines is 1. The van der Waals surface area contributed by atoms with Crippen LogP contribution in [-0.4, -0.2) is 27.2 Å². The van der Waals surface area contributed by atoms with Crippen molar-refractivity contribution in [2.75, 3.05) is 6.61 Å². The zero-order valence-corrected chi connectivity index (χ0v) is 12.3. The summed E-state index contributed by atoms with van der Waals surface area (Å²) in [5, 5.41) is 8.79. The van der Waals surface area contributed by atoms with Gasteiger partial charge in [0.15, 0.2) is 0 Å². The fourth-order valence-corrected chi connectivity index (χ4v) is 2.46. The highest BCUT2D eigenvalue weighted by molar-refractivity contribution is 5.97. The Balaban J connectivity index is 1.94. The van der Waals surface area contributed by atoms with Gasteiger partial charge in [-0.15, -0.1) is 0 Å². The van der Waals surface area contributed by atoms with E-state index in [-0.39, 0.29) is 29.0 Å². The van der Waals surface area contributed by atoms with Crippen LogP contribution in [-0.2, 0) is 12.7 Å². The maximum absolute atomic E-state index is 13.1. The van der Waals surface area contributed by atoms with Crippen LogP contribution in [0, 0.1) is 0 Å². The number of carboxylic acids is 1. The van der Waals surface area contributed by atoms with Crippen molar-refractivity contribution in [2.45, 2.75) is 12.7 Å². The molecule has 0 atom stereocenters. The van der Waals surface area contributed by atoms with Crippen LogP contribution in [0.15, 0.2) is 42.7 Å². The third-order valence-electron chi connectivity index (χ3n) is 3.56. The topological polar surface area (TPSA) is 67.2 Å². The molecule has 0 bridgehead atoms. The number of nitrogens with zero attached hydrogens (tertiary/aromatic N) is 1. The molecule has 126 valence electrons. The van der Waals surface area contributed by atoms with Gasteiger partial charge in [-0.05, 0) is 30.3 Å². The van der Waals surface area contributed by atoms with Gasteiger partial charge < -0.3 is 19.4 Å². The lowest BCUT2D eigenvalue weighted by molar-refractivity contribution is -0.136. The summed E-state index contributed by atoms with van der Waals surface area (Å²) in [4.78, 5) is 13.5. The van der Waals surface area contributed by atoms with Crippen LogP contribution < -0.4 is 4.74 Å². The van der Waals surface area contributed by atoms with E-state index in [9.17, 15) is 18.0 Å². The van der Waals surface area contributed by atoms with Gasteiger partial charge in [-0.2, -0.15) is 13.2 Å². The number of benzene rings is 1. The quantitative estimate of drug-likeness (QED) is 0.744. The number of hydrogen-bond acceptors (Lipinski definition) is 2. The summed E-state index contributed by atoms with van der Waals surface area (Å²) in [6.07, 6.45) is -0.911. The third kappa shape index (κ3) is 3.08. The molecule has 0 radical (unpaired) electrons. The van der Waals surface area contributed by atoms with E-state index in [4.69, 9.17) is 9.84 Å². The maximum Gasteiger partial charge on any atom is 0.417 e. The molecular formula is C16H13F3N2O3. The number of H-pyrrole nitrogens is 1. The van der Waals surface area contributed by atoms with E-state index in [2.05, 4.69) is 4.98 Å². The SMILES string of the molecule is O=C(O)c1cc2c(C(F)(F)F)ccc(OCCn3cccc3)c2[nH]1. The Hall–Kier alpha value is -2.90. The Morgan fingerprint density at radius 3 is 2.58 bits per heavy atom. The molecule has 0 saturated heterocycles. The van der Waals surface area contributed by atoms with Gasteiger partial charge in [0, 0.05) is 17.8 Å². The number of halogens is 3. The molecular weight excluding hydrogens is 325 g/mol. The summed E-state index contributed by atoms with van der Waals surface area (Å²) < 4.78 is 46.7. The van der Waals surface area contributed by atoms with Crippen LogP contribution in [0.2, 0.25) is 0 Å². The highest BCUT2D eigenvalue weighted by Gasteiger charge is 2.34. The molecule has 3 aromatic rings. The predicted octanol–water partition coefficient (Wildman–Crippen LogP) is 3.77. The lowest BCUT2D eigenvalue weighted by Crippen LogP contribution is -2.08. The summed E-state index contributed by atoms with van der Waals surface area (Å²) in [5.74, 6) is -1.16. The number of nitrogens with one attached hydrogen (secondary N) is 1. The molecule has 2 heterocycles. The fourth-order valence-electron chi connectivity index (χ4n) is 2.46. The van der Waals surface area contributed by atoms with Crippen LogP contribution in [0.3, 0.4) is 0 Å². The molecule has 3 rings (SSSR count). The van der Waals surface area contributed by atoms with Crippen LogP contribution >= 0.6 is 0 Å². The lowest BCUT2D eigenvalue weighted by Gasteiger charge is -2.12. The van der Waals surface area contributed by atoms with Crippen molar-refractivity contribution >= 4 is 16.9 Å². The number of aromatic nitrogens is 2. The number of hydrogen-bond donors (Lipinski definition) is 2. The number of carboxylic acid groups (broad SMARTS) is 1. The third-order valence-corrected chi connectivity index (χ3v) is 3.56. The van der Waals surface area contributed by atoms with E-state index >= 15 is 0 Å². The van der Waals surface area contributed by atoms with Crippen LogP contribution in [0.5, 0.6) is 5.75 Å². The van der Waals surface area contributed by atoms with E-state index in [1.165, 1.54) is 6.07 Å². The average Bonchev–Trinajstić information content (AvgIpc) is 3.15. The van der Waals surface area contributed by atoms with Gasteiger partial charge in [-0.25, -0.2) is 4.79 Å². The molecule has 0 aliphatic carbocycles. The second-order valence-electron chi connectivity index (χ2n) is 5.16. The van der Waals surface area contributed by atoms with Crippen molar-refractivity contribution in [1.82, 2.24) is 9.55 Å². The van der Waals surface area contributed by atoms with Gasteiger partial charge in [-0.3, -0.25) is 0 Å². The molecule has 1 aromatic carbocycles. The Labute approximate surface area is 134 Å². The van der Waals surface area contributed by atoms with E-state index in [0.717, 1.165) is 12.1 Å². The zero-order chi connectivity index (χ0) is 17.3. The summed E-state index contributed by atoms with van der Waals surface area (Å²) >= 11 is 0. The van der Waals surface area contributed by atoms with E-state index < -0.39 is 17.7 Å². The van der Waals surface area contributed by atoms with Gasteiger partial charge in [-0.1, -0.05) is 0 Å². The molecule has 24 heavy (non-hydrogen) atoms. The molecule has 8 heteroatoms. The summed E-state index contributed by atoms with van der Waals surface area (Å²) in [5.41, 5.74) is -1.20. The van der Waals surface area contributed by atoms with Crippen LogP contribution in [0.4, 0.5) is 13.2 Å². The number of aromatic carboxylic acids is 1. The molecule has 2 aromatic heterocycles. The van der Waals surface area contributed by atoms with Crippen molar-refractivity contribution in [3.63, 3.8) is 0 Å². The minimum Gasteiger partial charge on any atom is -0.490 e. The Morgan fingerprint density at radius 2 is 1.96 bits per heavy atom. The Morgan fingerprint density at radius 1 is 1.25 bits per heavy atom. The average molecular weight is 338 g/mol. The second-order valence-corrected chi connectivity index (χ2v) is 5.16. The van der Waals surface area contributed by atoms with Crippen molar-refractivity contribution in [3.05, 3.63) is 54.0 Å². The van der Waals surface area contributed by atoms with Crippen molar-refractivity contribution in [2.24, 2.45) is 0 Å². The van der Waals surface area contributed by atoms with Gasteiger partial charge in [0.25, 0.3) is 0 Å².